The van der Waals surface area contributed by atoms with Gasteiger partial charge in [-0.05, 0) is 50.5 Å². The summed E-state index contributed by atoms with van der Waals surface area (Å²) in [6.07, 6.45) is 12.1. The van der Waals surface area contributed by atoms with Crippen LogP contribution in [0, 0.1) is 17.8 Å². The van der Waals surface area contributed by atoms with Crippen LogP contribution in [0.1, 0.15) is 51.4 Å². The van der Waals surface area contributed by atoms with Crippen molar-refractivity contribution in [2.24, 2.45) is 17.8 Å². The van der Waals surface area contributed by atoms with Gasteiger partial charge in [-0.1, -0.05) is 25.7 Å². The van der Waals surface area contributed by atoms with Gasteiger partial charge >= 0.3 is 0 Å². The summed E-state index contributed by atoms with van der Waals surface area (Å²) in [6.45, 7) is 0. The molecule has 4 aliphatic rings. The highest BCUT2D eigenvalue weighted by Gasteiger charge is 2.55. The van der Waals surface area contributed by atoms with Crippen LogP contribution in [0.5, 0.6) is 0 Å². The quantitative estimate of drug-likeness (QED) is 0.675. The Morgan fingerprint density at radius 1 is 1.07 bits per heavy atom. The predicted molar refractivity (Wildman–Crippen MR) is 59.2 cm³/mol. The summed E-state index contributed by atoms with van der Waals surface area (Å²) in [6, 6.07) is 0. The van der Waals surface area contributed by atoms with Crippen LogP contribution in [0.25, 0.3) is 0 Å². The Morgan fingerprint density at radius 2 is 1.86 bits per heavy atom. The molecule has 0 heterocycles. The highest BCUT2D eigenvalue weighted by molar-refractivity contribution is 5.13. The first-order valence-corrected chi connectivity index (χ1v) is 6.53. The van der Waals surface area contributed by atoms with Gasteiger partial charge in [0.15, 0.2) is 0 Å². The number of nitrogens with one attached hydrogen (secondary N) is 1. The van der Waals surface area contributed by atoms with Crippen molar-refractivity contribution < 1.29 is 0 Å². The molecule has 14 heavy (non-hydrogen) atoms. The van der Waals surface area contributed by atoms with Gasteiger partial charge in [0.1, 0.15) is 0 Å². The monoisotopic (exact) mass is 193 g/mol. The van der Waals surface area contributed by atoms with Gasteiger partial charge in [0.25, 0.3) is 0 Å². The van der Waals surface area contributed by atoms with Crippen LogP contribution < -0.4 is 5.32 Å². The molecule has 0 amide bonds. The Morgan fingerprint density at radius 3 is 2.07 bits per heavy atom. The van der Waals surface area contributed by atoms with Crippen LogP contribution in [-0.4, -0.2) is 12.6 Å². The highest BCUT2D eigenvalue weighted by Crippen LogP contribution is 2.55. The van der Waals surface area contributed by atoms with Gasteiger partial charge in [0.05, 0.1) is 0 Å². The summed E-state index contributed by atoms with van der Waals surface area (Å²) >= 11 is 0. The average molecular weight is 193 g/mol. The van der Waals surface area contributed by atoms with E-state index in [-0.39, 0.29) is 0 Å². The molecule has 0 saturated heterocycles. The lowest BCUT2D eigenvalue weighted by Gasteiger charge is -2.07. The van der Waals surface area contributed by atoms with Crippen molar-refractivity contribution in [1.82, 2.24) is 5.32 Å². The van der Waals surface area contributed by atoms with E-state index >= 15 is 0 Å². The van der Waals surface area contributed by atoms with Crippen LogP contribution in [0.4, 0.5) is 0 Å². The molecule has 0 aromatic carbocycles. The molecule has 0 aromatic heterocycles. The van der Waals surface area contributed by atoms with Gasteiger partial charge < -0.3 is 5.32 Å². The van der Waals surface area contributed by atoms with Crippen LogP contribution in [0.3, 0.4) is 0 Å². The molecule has 0 radical (unpaired) electrons. The molecule has 1 heteroatoms. The fourth-order valence-corrected chi connectivity index (χ4v) is 3.82. The molecule has 4 atom stereocenters. The number of fused-ring (bicyclic) bond motifs is 2. The molecule has 1 nitrogen and oxygen atoms in total. The zero-order chi connectivity index (χ0) is 9.60. The molecule has 0 bridgehead atoms. The SMILES string of the molecule is C1CC2CC2C1.CNC12CCCC1C2. The summed E-state index contributed by atoms with van der Waals surface area (Å²) < 4.78 is 0. The lowest BCUT2D eigenvalue weighted by Crippen LogP contribution is -2.26. The molecule has 4 rings (SSSR count). The second-order valence-corrected chi connectivity index (χ2v) is 5.89. The molecule has 4 aliphatic carbocycles. The minimum absolute atomic E-state index is 0.653. The minimum atomic E-state index is 0.653. The average Bonchev–Trinajstić information content (AvgIpc) is 3.05. The lowest BCUT2D eigenvalue weighted by atomic mass is 10.2. The largest absolute Gasteiger partial charge is 0.314 e. The third-order valence-corrected chi connectivity index (χ3v) is 5.12. The second kappa shape index (κ2) is 3.23. The summed E-state index contributed by atoms with van der Waals surface area (Å²) in [5.41, 5.74) is 0.653. The van der Waals surface area contributed by atoms with Crippen molar-refractivity contribution in [3.63, 3.8) is 0 Å². The third-order valence-electron chi connectivity index (χ3n) is 5.12. The summed E-state index contributed by atoms with van der Waals surface area (Å²) in [5.74, 6) is 3.49. The molecular formula is C13H23N. The van der Waals surface area contributed by atoms with Crippen molar-refractivity contribution in [1.29, 1.82) is 0 Å². The van der Waals surface area contributed by atoms with Crippen molar-refractivity contribution in [3.05, 3.63) is 0 Å². The first kappa shape index (κ1) is 9.21. The van der Waals surface area contributed by atoms with Crippen molar-refractivity contribution in [2.75, 3.05) is 7.05 Å². The topological polar surface area (TPSA) is 12.0 Å². The molecule has 0 spiro atoms. The van der Waals surface area contributed by atoms with Crippen LogP contribution in [-0.2, 0) is 0 Å². The maximum Gasteiger partial charge on any atom is 0.0210 e. The number of rotatable bonds is 1. The summed E-state index contributed by atoms with van der Waals surface area (Å²) in [7, 11) is 2.10. The van der Waals surface area contributed by atoms with E-state index in [1.165, 1.54) is 43.9 Å². The maximum atomic E-state index is 3.41. The van der Waals surface area contributed by atoms with E-state index in [0.29, 0.717) is 5.54 Å². The standard InChI is InChI=1S/C7H13N.C6H10/c1-8-7-4-2-3-6(7)5-7;1-2-5-4-6(5)3-1/h6,8H,2-5H2,1H3;5-6H,1-4H2. The number of hydrogen-bond acceptors (Lipinski definition) is 1. The lowest BCUT2D eigenvalue weighted by molar-refractivity contribution is 0.531. The summed E-state index contributed by atoms with van der Waals surface area (Å²) in [4.78, 5) is 0. The van der Waals surface area contributed by atoms with Crippen molar-refractivity contribution >= 4 is 0 Å². The summed E-state index contributed by atoms with van der Waals surface area (Å²) in [5, 5.41) is 3.41. The maximum absolute atomic E-state index is 3.41. The van der Waals surface area contributed by atoms with Crippen molar-refractivity contribution in [3.8, 4) is 0 Å². The molecule has 0 aromatic rings. The fourth-order valence-electron chi connectivity index (χ4n) is 3.82. The Bertz CT molecular complexity index is 213. The first-order valence-electron chi connectivity index (χ1n) is 6.53. The van der Waals surface area contributed by atoms with Crippen LogP contribution in [0.2, 0.25) is 0 Å². The Labute approximate surface area is 87.7 Å². The molecule has 4 unspecified atom stereocenters. The van der Waals surface area contributed by atoms with E-state index in [1.54, 1.807) is 19.3 Å². The Hall–Kier alpha value is -0.0400. The minimum Gasteiger partial charge on any atom is -0.314 e. The normalized spacial score (nSPS) is 51.6. The van der Waals surface area contributed by atoms with Gasteiger partial charge in [-0.15, -0.1) is 0 Å². The van der Waals surface area contributed by atoms with E-state index < -0.39 is 0 Å². The van der Waals surface area contributed by atoms with E-state index in [2.05, 4.69) is 12.4 Å². The molecule has 80 valence electrons. The van der Waals surface area contributed by atoms with Crippen LogP contribution in [0.15, 0.2) is 0 Å². The van der Waals surface area contributed by atoms with E-state index in [4.69, 9.17) is 0 Å². The zero-order valence-electron chi connectivity index (χ0n) is 9.39. The van der Waals surface area contributed by atoms with Gasteiger partial charge in [-0.2, -0.15) is 0 Å². The second-order valence-electron chi connectivity index (χ2n) is 5.89. The highest BCUT2D eigenvalue weighted by atomic mass is 15.0. The van der Waals surface area contributed by atoms with E-state index in [9.17, 15) is 0 Å². The Balaban J connectivity index is 0.0000000950. The molecule has 4 saturated carbocycles. The predicted octanol–water partition coefficient (Wildman–Crippen LogP) is 2.95. The van der Waals surface area contributed by atoms with E-state index in [0.717, 1.165) is 5.92 Å². The first-order chi connectivity index (χ1) is 6.84. The molecule has 4 fully saturated rings. The van der Waals surface area contributed by atoms with Gasteiger partial charge in [0.2, 0.25) is 0 Å². The van der Waals surface area contributed by atoms with Gasteiger partial charge in [-0.3, -0.25) is 0 Å². The number of hydrogen-bond donors (Lipinski definition) is 1. The Kier molecular flexibility index (Phi) is 2.12. The smallest absolute Gasteiger partial charge is 0.0210 e. The van der Waals surface area contributed by atoms with Crippen LogP contribution >= 0.6 is 0 Å². The molecule has 0 aliphatic heterocycles. The van der Waals surface area contributed by atoms with E-state index in [1.807, 2.05) is 0 Å². The van der Waals surface area contributed by atoms with Gasteiger partial charge in [0, 0.05) is 5.54 Å². The van der Waals surface area contributed by atoms with Crippen molar-refractivity contribution in [2.45, 2.75) is 56.9 Å². The van der Waals surface area contributed by atoms with Gasteiger partial charge in [-0.25, -0.2) is 0 Å². The zero-order valence-corrected chi connectivity index (χ0v) is 9.39. The fraction of sp³-hybridized carbons (Fsp3) is 1.00. The molecular weight excluding hydrogens is 170 g/mol. The third kappa shape index (κ3) is 1.50. The molecule has 1 N–H and O–H groups in total.